The number of aryl methyl sites for hydroxylation is 1. The topological polar surface area (TPSA) is 18.5 Å². The maximum absolute atomic E-state index is 5.73. The zero-order chi connectivity index (χ0) is 11.3. The van der Waals surface area contributed by atoms with Gasteiger partial charge in [-0.05, 0) is 31.5 Å². The average molecular weight is 294 g/mol. The van der Waals surface area contributed by atoms with Gasteiger partial charge in [-0.2, -0.15) is 0 Å². The quantitative estimate of drug-likeness (QED) is 0.609. The largest absolute Gasteiger partial charge is 0.464 e. The van der Waals surface area contributed by atoms with Crippen molar-refractivity contribution in [2.24, 2.45) is 0 Å². The Morgan fingerprint density at radius 1 is 1.47 bits per heavy atom. The van der Waals surface area contributed by atoms with Crippen LogP contribution in [0.3, 0.4) is 0 Å². The fraction of sp³-hybridized carbons (Fsp3) is 0.455. The summed E-state index contributed by atoms with van der Waals surface area (Å²) in [5.41, 5.74) is 1.15. The van der Waals surface area contributed by atoms with Gasteiger partial charge in [0.25, 0.3) is 0 Å². The molecule has 1 aromatic carbocycles. The fourth-order valence-corrected chi connectivity index (χ4v) is 1.52. The first-order valence-corrected chi connectivity index (χ1v) is 6.15. The predicted molar refractivity (Wildman–Crippen MR) is 65.8 cm³/mol. The molecule has 0 saturated heterocycles. The molecule has 0 saturated carbocycles. The summed E-state index contributed by atoms with van der Waals surface area (Å²) in [4.78, 5) is 0. The lowest BCUT2D eigenvalue weighted by Crippen LogP contribution is -2.24. The molecule has 0 amide bonds. The van der Waals surface area contributed by atoms with Gasteiger partial charge in [0.05, 0.1) is 5.88 Å². The van der Waals surface area contributed by atoms with Crippen LogP contribution in [0.4, 0.5) is 0 Å². The molecular formula is C11H14BrClO2. The molecule has 2 unspecified atom stereocenters. The second kappa shape index (κ2) is 6.36. The van der Waals surface area contributed by atoms with Crippen LogP contribution in [0.15, 0.2) is 24.3 Å². The minimum Gasteiger partial charge on any atom is -0.464 e. The van der Waals surface area contributed by atoms with E-state index < -0.39 is 6.29 Å². The number of hydrogen-bond donors (Lipinski definition) is 0. The van der Waals surface area contributed by atoms with Gasteiger partial charge in [-0.3, -0.25) is 0 Å². The highest BCUT2D eigenvalue weighted by molar-refractivity contribution is 9.09. The van der Waals surface area contributed by atoms with E-state index >= 15 is 0 Å². The lowest BCUT2D eigenvalue weighted by Gasteiger charge is -2.18. The Labute approximate surface area is 104 Å². The highest BCUT2D eigenvalue weighted by Crippen LogP contribution is 2.16. The monoisotopic (exact) mass is 292 g/mol. The second-order valence-electron chi connectivity index (χ2n) is 3.20. The van der Waals surface area contributed by atoms with Crippen LogP contribution in [-0.4, -0.2) is 17.2 Å². The van der Waals surface area contributed by atoms with Gasteiger partial charge < -0.3 is 9.47 Å². The summed E-state index contributed by atoms with van der Waals surface area (Å²) >= 11 is 9.01. The zero-order valence-corrected chi connectivity index (χ0v) is 11.1. The van der Waals surface area contributed by atoms with Gasteiger partial charge in [0.2, 0.25) is 6.29 Å². The van der Waals surface area contributed by atoms with E-state index in [0.29, 0.717) is 5.88 Å². The summed E-state index contributed by atoms with van der Waals surface area (Å²) in [5.74, 6) is 1.07. The van der Waals surface area contributed by atoms with Gasteiger partial charge in [0.15, 0.2) is 0 Å². The lowest BCUT2D eigenvalue weighted by molar-refractivity contribution is -0.0685. The van der Waals surface area contributed by atoms with Crippen LogP contribution in [0.1, 0.15) is 12.5 Å². The number of rotatable bonds is 5. The number of halogens is 2. The Morgan fingerprint density at radius 3 is 2.73 bits per heavy atom. The molecule has 4 heteroatoms. The van der Waals surface area contributed by atoms with Crippen molar-refractivity contribution in [2.75, 3.05) is 5.88 Å². The van der Waals surface area contributed by atoms with Gasteiger partial charge in [-0.25, -0.2) is 0 Å². The van der Waals surface area contributed by atoms with Crippen molar-refractivity contribution in [3.05, 3.63) is 29.8 Å². The van der Waals surface area contributed by atoms with E-state index in [1.54, 1.807) is 0 Å². The summed E-state index contributed by atoms with van der Waals surface area (Å²) in [7, 11) is 0. The van der Waals surface area contributed by atoms with Crippen molar-refractivity contribution in [3.8, 4) is 5.75 Å². The fourth-order valence-electron chi connectivity index (χ4n) is 1.15. The molecule has 0 aliphatic rings. The first-order valence-electron chi connectivity index (χ1n) is 4.70. The molecule has 0 bridgehead atoms. The lowest BCUT2D eigenvalue weighted by atomic mass is 10.2. The summed E-state index contributed by atoms with van der Waals surface area (Å²) < 4.78 is 11.0. The number of ether oxygens (including phenoxy) is 2. The normalized spacial score (nSPS) is 14.7. The molecular weight excluding hydrogens is 279 g/mol. The molecule has 0 N–H and O–H groups in total. The van der Waals surface area contributed by atoms with Crippen molar-refractivity contribution in [1.29, 1.82) is 0 Å². The van der Waals surface area contributed by atoms with Crippen molar-refractivity contribution >= 4 is 27.5 Å². The molecule has 0 fully saturated rings. The van der Waals surface area contributed by atoms with E-state index in [1.165, 1.54) is 0 Å². The highest BCUT2D eigenvalue weighted by atomic mass is 79.9. The van der Waals surface area contributed by atoms with Gasteiger partial charge in [0.1, 0.15) is 10.8 Å². The summed E-state index contributed by atoms with van der Waals surface area (Å²) in [6.07, 6.45) is -0.428. The van der Waals surface area contributed by atoms with Crippen LogP contribution in [0.5, 0.6) is 5.75 Å². The molecule has 15 heavy (non-hydrogen) atoms. The maximum atomic E-state index is 5.73. The first kappa shape index (κ1) is 12.8. The van der Waals surface area contributed by atoms with Crippen LogP contribution >= 0.6 is 27.5 Å². The van der Waals surface area contributed by atoms with Gasteiger partial charge >= 0.3 is 0 Å². The van der Waals surface area contributed by atoms with Crippen molar-refractivity contribution in [2.45, 2.75) is 25.2 Å². The number of benzene rings is 1. The van der Waals surface area contributed by atoms with Crippen molar-refractivity contribution < 1.29 is 9.47 Å². The first-order chi connectivity index (χ1) is 7.11. The van der Waals surface area contributed by atoms with E-state index in [4.69, 9.17) is 21.1 Å². The molecule has 0 aliphatic carbocycles. The number of alkyl halides is 2. The summed E-state index contributed by atoms with van der Waals surface area (Å²) in [6.45, 7) is 3.88. The molecule has 0 spiro atoms. The predicted octanol–water partition coefficient (Wildman–Crippen LogP) is 3.70. The average Bonchev–Trinajstić information content (AvgIpc) is 2.16. The minimum absolute atomic E-state index is 0.0777. The highest BCUT2D eigenvalue weighted by Gasteiger charge is 2.11. The Balaban J connectivity index is 2.58. The summed E-state index contributed by atoms with van der Waals surface area (Å²) in [5, 5.41) is -0.0777. The summed E-state index contributed by atoms with van der Waals surface area (Å²) in [6, 6.07) is 7.78. The van der Waals surface area contributed by atoms with Crippen LogP contribution in [-0.2, 0) is 4.74 Å². The Hall–Kier alpha value is -0.250. The van der Waals surface area contributed by atoms with E-state index in [1.807, 2.05) is 38.1 Å². The molecule has 0 aliphatic heterocycles. The molecule has 1 rings (SSSR count). The van der Waals surface area contributed by atoms with Crippen molar-refractivity contribution in [3.63, 3.8) is 0 Å². The van der Waals surface area contributed by atoms with Crippen LogP contribution < -0.4 is 4.74 Å². The molecule has 0 heterocycles. The molecule has 0 radical (unpaired) electrons. The molecule has 2 nitrogen and oxygen atoms in total. The van der Waals surface area contributed by atoms with E-state index in [9.17, 15) is 0 Å². The third-order valence-corrected chi connectivity index (χ3v) is 2.19. The SMILES string of the molecule is Cc1cccc(OC(CCl)OC(C)Br)c1. The van der Waals surface area contributed by atoms with Crippen LogP contribution in [0, 0.1) is 6.92 Å². The van der Waals surface area contributed by atoms with E-state index in [2.05, 4.69) is 15.9 Å². The molecule has 0 aromatic heterocycles. The Morgan fingerprint density at radius 2 is 2.20 bits per heavy atom. The van der Waals surface area contributed by atoms with Gasteiger partial charge in [-0.15, -0.1) is 11.6 Å². The van der Waals surface area contributed by atoms with Crippen LogP contribution in [0.2, 0.25) is 0 Å². The van der Waals surface area contributed by atoms with Crippen LogP contribution in [0.25, 0.3) is 0 Å². The molecule has 84 valence electrons. The maximum Gasteiger partial charge on any atom is 0.214 e. The van der Waals surface area contributed by atoms with Crippen molar-refractivity contribution in [1.82, 2.24) is 0 Å². The molecule has 2 atom stereocenters. The Bertz CT molecular complexity index is 304. The Kier molecular flexibility index (Phi) is 5.43. The minimum atomic E-state index is -0.428. The van der Waals surface area contributed by atoms with Gasteiger partial charge in [-0.1, -0.05) is 28.1 Å². The van der Waals surface area contributed by atoms with Gasteiger partial charge in [0, 0.05) is 0 Å². The zero-order valence-electron chi connectivity index (χ0n) is 8.74. The third-order valence-electron chi connectivity index (χ3n) is 1.72. The van der Waals surface area contributed by atoms with E-state index in [0.717, 1.165) is 11.3 Å². The van der Waals surface area contributed by atoms with E-state index in [-0.39, 0.29) is 5.01 Å². The smallest absolute Gasteiger partial charge is 0.214 e. The standard InChI is InChI=1S/C11H14BrClO2/c1-8-4-3-5-10(6-8)15-11(7-13)14-9(2)12/h3-6,9,11H,7H2,1-2H3. The third kappa shape index (κ3) is 4.87. The number of hydrogen-bond acceptors (Lipinski definition) is 2. The molecule has 1 aromatic rings. The second-order valence-corrected chi connectivity index (χ2v) is 4.80.